The Morgan fingerprint density at radius 3 is 2.36 bits per heavy atom. The number of likely N-dealkylation sites (N-methyl/N-ethyl adjacent to an activating group) is 1. The van der Waals surface area contributed by atoms with Gasteiger partial charge in [0.1, 0.15) is 0 Å². The molecule has 1 amide bonds. The number of rotatable bonds is 5. The maximum absolute atomic E-state index is 12.9. The lowest BCUT2D eigenvalue weighted by molar-refractivity contribution is -0.137. The van der Waals surface area contributed by atoms with Gasteiger partial charge in [0.25, 0.3) is 0 Å². The lowest BCUT2D eigenvalue weighted by Crippen LogP contribution is -2.44. The van der Waals surface area contributed by atoms with Gasteiger partial charge in [0, 0.05) is 19.3 Å². The minimum atomic E-state index is -4.78. The van der Waals surface area contributed by atoms with E-state index in [4.69, 9.17) is 5.26 Å². The van der Waals surface area contributed by atoms with Crippen molar-refractivity contribution in [1.82, 2.24) is 5.32 Å². The molecule has 1 rings (SSSR count). The van der Waals surface area contributed by atoms with Gasteiger partial charge in [-0.25, -0.2) is 0 Å². The Hall–Kier alpha value is -2.28. The standard InChI is InChI=1S/C15H15F6N3O/c1-9(23-6-5-14(16,17)18)13(25)24(2)11-4-3-10(8-22)12(7-11)15(19,20)21/h3-4,7,9,23H,5-6H2,1-2H3/t9-/m0/s1. The summed E-state index contributed by atoms with van der Waals surface area (Å²) in [7, 11) is 1.20. The molecule has 138 valence electrons. The molecule has 0 aliphatic heterocycles. The normalized spacial score (nSPS) is 13.2. The van der Waals surface area contributed by atoms with Crippen molar-refractivity contribution in [3.8, 4) is 6.07 Å². The summed E-state index contributed by atoms with van der Waals surface area (Å²) in [6.45, 7) is 0.814. The van der Waals surface area contributed by atoms with Crippen LogP contribution in [0.3, 0.4) is 0 Å². The maximum Gasteiger partial charge on any atom is 0.417 e. The summed E-state index contributed by atoms with van der Waals surface area (Å²) in [4.78, 5) is 13.0. The Labute approximate surface area is 140 Å². The van der Waals surface area contributed by atoms with Crippen LogP contribution < -0.4 is 10.2 Å². The Balaban J connectivity index is 2.90. The van der Waals surface area contributed by atoms with E-state index in [0.29, 0.717) is 6.07 Å². The van der Waals surface area contributed by atoms with E-state index in [2.05, 4.69) is 5.32 Å². The van der Waals surface area contributed by atoms with Crippen molar-refractivity contribution in [2.24, 2.45) is 0 Å². The first-order valence-electron chi connectivity index (χ1n) is 7.06. The SMILES string of the molecule is C[C@H](NCCC(F)(F)F)C(=O)N(C)c1ccc(C#N)c(C(F)(F)F)c1. The second-order valence-electron chi connectivity index (χ2n) is 5.28. The minimum Gasteiger partial charge on any atom is -0.314 e. The van der Waals surface area contributed by atoms with E-state index in [9.17, 15) is 31.1 Å². The quantitative estimate of drug-likeness (QED) is 0.811. The van der Waals surface area contributed by atoms with Crippen LogP contribution in [0.1, 0.15) is 24.5 Å². The monoisotopic (exact) mass is 367 g/mol. The molecule has 0 aliphatic carbocycles. The molecular weight excluding hydrogens is 352 g/mol. The van der Waals surface area contributed by atoms with Crippen molar-refractivity contribution in [3.05, 3.63) is 29.3 Å². The van der Waals surface area contributed by atoms with E-state index >= 15 is 0 Å². The predicted octanol–water partition coefficient (Wildman–Crippen LogP) is 3.47. The average Bonchev–Trinajstić information content (AvgIpc) is 2.50. The predicted molar refractivity (Wildman–Crippen MR) is 77.7 cm³/mol. The van der Waals surface area contributed by atoms with Crippen LogP contribution in [0.5, 0.6) is 0 Å². The van der Waals surface area contributed by atoms with Gasteiger partial charge in [-0.1, -0.05) is 0 Å². The number of anilines is 1. The molecule has 25 heavy (non-hydrogen) atoms. The van der Waals surface area contributed by atoms with Crippen LogP contribution in [0.25, 0.3) is 0 Å². The fourth-order valence-electron chi connectivity index (χ4n) is 2.01. The molecule has 1 atom stereocenters. The molecule has 0 radical (unpaired) electrons. The number of hydrogen-bond acceptors (Lipinski definition) is 3. The van der Waals surface area contributed by atoms with Gasteiger partial charge in [0.2, 0.25) is 5.91 Å². The Kier molecular flexibility index (Phi) is 6.42. The summed E-state index contributed by atoms with van der Waals surface area (Å²) in [5.41, 5.74) is -1.90. The molecule has 0 bridgehead atoms. The van der Waals surface area contributed by atoms with E-state index in [1.807, 2.05) is 0 Å². The maximum atomic E-state index is 12.9. The molecule has 10 heteroatoms. The Bertz CT molecular complexity index is 663. The molecule has 0 aromatic heterocycles. The molecule has 1 N–H and O–H groups in total. The summed E-state index contributed by atoms with van der Waals surface area (Å²) in [5, 5.41) is 11.1. The number of nitriles is 1. The third-order valence-electron chi connectivity index (χ3n) is 3.38. The summed E-state index contributed by atoms with van der Waals surface area (Å²) in [5.74, 6) is -0.708. The second-order valence-corrected chi connectivity index (χ2v) is 5.28. The topological polar surface area (TPSA) is 56.1 Å². The third kappa shape index (κ3) is 5.94. The van der Waals surface area contributed by atoms with Gasteiger partial charge in [-0.3, -0.25) is 4.79 Å². The highest BCUT2D eigenvalue weighted by Crippen LogP contribution is 2.34. The van der Waals surface area contributed by atoms with Crippen molar-refractivity contribution >= 4 is 11.6 Å². The smallest absolute Gasteiger partial charge is 0.314 e. The molecular formula is C15H15F6N3O. The number of alkyl halides is 6. The van der Waals surface area contributed by atoms with Crippen molar-refractivity contribution in [1.29, 1.82) is 5.26 Å². The average molecular weight is 367 g/mol. The lowest BCUT2D eigenvalue weighted by atomic mass is 10.1. The number of nitrogens with zero attached hydrogens (tertiary/aromatic N) is 2. The molecule has 0 fully saturated rings. The summed E-state index contributed by atoms with van der Waals surface area (Å²) in [6, 6.07) is 3.14. The van der Waals surface area contributed by atoms with Crippen molar-refractivity contribution in [3.63, 3.8) is 0 Å². The number of halogens is 6. The van der Waals surface area contributed by atoms with Gasteiger partial charge in [-0.2, -0.15) is 31.6 Å². The van der Waals surface area contributed by atoms with Gasteiger partial charge in [0.15, 0.2) is 0 Å². The zero-order valence-electron chi connectivity index (χ0n) is 13.3. The molecule has 0 unspecified atom stereocenters. The van der Waals surface area contributed by atoms with Gasteiger partial charge in [0.05, 0.1) is 29.7 Å². The van der Waals surface area contributed by atoms with Gasteiger partial charge >= 0.3 is 12.4 Å². The third-order valence-corrected chi connectivity index (χ3v) is 3.38. The molecule has 0 spiro atoms. The zero-order valence-corrected chi connectivity index (χ0v) is 13.3. The lowest BCUT2D eigenvalue weighted by Gasteiger charge is -2.23. The highest BCUT2D eigenvalue weighted by Gasteiger charge is 2.34. The van der Waals surface area contributed by atoms with Crippen LogP contribution in [0, 0.1) is 11.3 Å². The van der Waals surface area contributed by atoms with Crippen LogP contribution in [0.15, 0.2) is 18.2 Å². The molecule has 0 aliphatic rings. The number of amides is 1. The van der Waals surface area contributed by atoms with E-state index in [-0.39, 0.29) is 5.69 Å². The van der Waals surface area contributed by atoms with Crippen LogP contribution >= 0.6 is 0 Å². The first-order chi connectivity index (χ1) is 11.4. The van der Waals surface area contributed by atoms with E-state index in [0.717, 1.165) is 17.0 Å². The van der Waals surface area contributed by atoms with E-state index < -0.39 is 48.4 Å². The first kappa shape index (κ1) is 20.8. The molecule has 1 aromatic rings. The van der Waals surface area contributed by atoms with Crippen molar-refractivity contribution in [2.45, 2.75) is 31.7 Å². The van der Waals surface area contributed by atoms with Gasteiger partial charge in [-0.05, 0) is 25.1 Å². The molecule has 4 nitrogen and oxygen atoms in total. The highest BCUT2D eigenvalue weighted by molar-refractivity contribution is 5.96. The van der Waals surface area contributed by atoms with Crippen LogP contribution in [-0.2, 0) is 11.0 Å². The van der Waals surface area contributed by atoms with Crippen LogP contribution in [0.4, 0.5) is 32.0 Å². The largest absolute Gasteiger partial charge is 0.417 e. The first-order valence-corrected chi connectivity index (χ1v) is 7.06. The van der Waals surface area contributed by atoms with Crippen LogP contribution in [-0.4, -0.2) is 31.7 Å². The fraction of sp³-hybridized carbons (Fsp3) is 0.467. The molecule has 0 saturated heterocycles. The summed E-state index contributed by atoms with van der Waals surface area (Å²) in [6.07, 6.45) is -10.3. The highest BCUT2D eigenvalue weighted by atomic mass is 19.4. The van der Waals surface area contributed by atoms with E-state index in [1.54, 1.807) is 0 Å². The number of carbonyl (C=O) groups excluding carboxylic acids is 1. The Morgan fingerprint density at radius 1 is 1.28 bits per heavy atom. The van der Waals surface area contributed by atoms with E-state index in [1.165, 1.54) is 20.0 Å². The van der Waals surface area contributed by atoms with Crippen LogP contribution in [0.2, 0.25) is 0 Å². The summed E-state index contributed by atoms with van der Waals surface area (Å²) >= 11 is 0. The molecule has 0 saturated carbocycles. The van der Waals surface area contributed by atoms with Crippen molar-refractivity contribution in [2.75, 3.05) is 18.5 Å². The second kappa shape index (κ2) is 7.74. The molecule has 1 aromatic carbocycles. The van der Waals surface area contributed by atoms with Crippen molar-refractivity contribution < 1.29 is 31.1 Å². The fourth-order valence-corrected chi connectivity index (χ4v) is 2.01. The summed E-state index contributed by atoms with van der Waals surface area (Å²) < 4.78 is 75.1. The number of nitrogens with one attached hydrogen (secondary N) is 1. The zero-order chi connectivity index (χ0) is 19.4. The number of hydrogen-bond donors (Lipinski definition) is 1. The van der Waals surface area contributed by atoms with Gasteiger partial charge in [-0.15, -0.1) is 0 Å². The minimum absolute atomic E-state index is 0.124. The Morgan fingerprint density at radius 2 is 1.88 bits per heavy atom. The van der Waals surface area contributed by atoms with Gasteiger partial charge < -0.3 is 10.2 Å². The number of carbonyl (C=O) groups is 1. The number of benzene rings is 1. The molecule has 0 heterocycles.